The third-order valence-corrected chi connectivity index (χ3v) is 4.43. The van der Waals surface area contributed by atoms with Crippen LogP contribution in [0.5, 0.6) is 0 Å². The van der Waals surface area contributed by atoms with E-state index in [1.54, 1.807) is 12.1 Å². The molecule has 1 aliphatic heterocycles. The summed E-state index contributed by atoms with van der Waals surface area (Å²) in [6.45, 7) is 6.00. The smallest absolute Gasteiger partial charge is 0.225 e. The first kappa shape index (κ1) is 17.8. The molecule has 1 heterocycles. The number of halogens is 1. The van der Waals surface area contributed by atoms with E-state index < -0.39 is 0 Å². The van der Waals surface area contributed by atoms with Gasteiger partial charge in [-0.25, -0.2) is 0 Å². The predicted molar refractivity (Wildman–Crippen MR) is 91.3 cm³/mol. The molecule has 126 valence electrons. The molecule has 2 atom stereocenters. The molecular weight excluding hydrogens is 314 g/mol. The summed E-state index contributed by atoms with van der Waals surface area (Å²) in [6.07, 6.45) is 0.259. The molecule has 0 unspecified atom stereocenters. The van der Waals surface area contributed by atoms with Gasteiger partial charge in [0.2, 0.25) is 11.8 Å². The quantitative estimate of drug-likeness (QED) is 0.915. The molecule has 0 saturated carbocycles. The zero-order valence-corrected chi connectivity index (χ0v) is 14.6. The molecule has 1 aromatic rings. The molecule has 1 N–H and O–H groups in total. The van der Waals surface area contributed by atoms with E-state index in [-0.39, 0.29) is 30.3 Å². The minimum atomic E-state index is -0.330. The topological polar surface area (TPSA) is 52.7 Å². The van der Waals surface area contributed by atoms with E-state index >= 15 is 0 Å². The Hall–Kier alpha value is -1.59. The number of nitrogens with zero attached hydrogens (tertiary/aromatic N) is 2. The van der Waals surface area contributed by atoms with Gasteiger partial charge in [-0.15, -0.1) is 0 Å². The van der Waals surface area contributed by atoms with Gasteiger partial charge in [0.25, 0.3) is 0 Å². The largest absolute Gasteiger partial charge is 0.349 e. The maximum absolute atomic E-state index is 12.7. The predicted octanol–water partition coefficient (Wildman–Crippen LogP) is 2.07. The van der Waals surface area contributed by atoms with Crippen LogP contribution in [0.15, 0.2) is 24.3 Å². The van der Waals surface area contributed by atoms with Gasteiger partial charge < -0.3 is 15.1 Å². The Morgan fingerprint density at radius 2 is 1.96 bits per heavy atom. The second-order valence-electron chi connectivity index (χ2n) is 6.21. The summed E-state index contributed by atoms with van der Waals surface area (Å²) < 4.78 is 0. The summed E-state index contributed by atoms with van der Waals surface area (Å²) in [6, 6.07) is 7.10. The van der Waals surface area contributed by atoms with Gasteiger partial charge in [0.05, 0.1) is 12.5 Å². The number of rotatable bonds is 4. The highest BCUT2D eigenvalue weighted by Gasteiger charge is 2.28. The van der Waals surface area contributed by atoms with Crippen molar-refractivity contribution < 1.29 is 9.59 Å². The Balaban J connectivity index is 2.09. The number of nitrogens with one attached hydrogen (secondary N) is 1. The molecule has 2 rings (SSSR count). The second kappa shape index (κ2) is 7.79. The second-order valence-corrected chi connectivity index (χ2v) is 6.64. The fourth-order valence-electron chi connectivity index (χ4n) is 2.99. The molecule has 1 aromatic carbocycles. The van der Waals surface area contributed by atoms with E-state index in [4.69, 9.17) is 11.6 Å². The molecule has 2 amide bonds. The third-order valence-electron chi connectivity index (χ3n) is 4.18. The van der Waals surface area contributed by atoms with E-state index in [1.807, 2.05) is 17.0 Å². The number of carbonyl (C=O) groups excluding carboxylic acids is 2. The molecule has 1 aliphatic rings. The average Bonchev–Trinajstić information content (AvgIpc) is 2.46. The Morgan fingerprint density at radius 1 is 1.30 bits per heavy atom. The Kier molecular flexibility index (Phi) is 6.02. The van der Waals surface area contributed by atoms with Crippen LogP contribution in [0, 0.1) is 0 Å². The monoisotopic (exact) mass is 337 g/mol. The summed E-state index contributed by atoms with van der Waals surface area (Å²) in [5.74, 6) is -0.0801. The van der Waals surface area contributed by atoms with E-state index in [1.165, 1.54) is 6.92 Å². The van der Waals surface area contributed by atoms with Crippen molar-refractivity contribution in [2.45, 2.75) is 32.4 Å². The Bertz CT molecular complexity index is 561. The van der Waals surface area contributed by atoms with Crippen LogP contribution in [0.25, 0.3) is 0 Å². The van der Waals surface area contributed by atoms with E-state index in [9.17, 15) is 9.59 Å². The highest BCUT2D eigenvalue weighted by atomic mass is 35.5. The fourth-order valence-corrected chi connectivity index (χ4v) is 3.12. The first-order chi connectivity index (χ1) is 10.9. The molecule has 1 fully saturated rings. The summed E-state index contributed by atoms with van der Waals surface area (Å²) in [4.78, 5) is 28.3. The Labute approximate surface area is 142 Å². The van der Waals surface area contributed by atoms with Crippen molar-refractivity contribution in [3.8, 4) is 0 Å². The average molecular weight is 338 g/mol. The van der Waals surface area contributed by atoms with Crippen LogP contribution in [-0.2, 0) is 9.59 Å². The van der Waals surface area contributed by atoms with Crippen molar-refractivity contribution in [1.82, 2.24) is 15.1 Å². The summed E-state index contributed by atoms with van der Waals surface area (Å²) in [5, 5.41) is 3.50. The van der Waals surface area contributed by atoms with Crippen molar-refractivity contribution in [3.63, 3.8) is 0 Å². The van der Waals surface area contributed by atoms with Gasteiger partial charge in [-0.2, -0.15) is 0 Å². The summed E-state index contributed by atoms with van der Waals surface area (Å²) in [7, 11) is 2.06. The van der Waals surface area contributed by atoms with Crippen LogP contribution in [0.3, 0.4) is 0 Å². The molecule has 0 spiro atoms. The van der Waals surface area contributed by atoms with Crippen molar-refractivity contribution >= 4 is 23.4 Å². The standard InChI is InChI=1S/C17H24ClN3O2/c1-12-11-20(3)8-9-21(12)17(23)10-16(19-13(2)22)14-4-6-15(18)7-5-14/h4-7,12,16H,8-11H2,1-3H3,(H,19,22)/t12-,16+/m0/s1. The molecule has 0 aromatic heterocycles. The molecule has 5 nitrogen and oxygen atoms in total. The first-order valence-electron chi connectivity index (χ1n) is 7.87. The number of amides is 2. The fraction of sp³-hybridized carbons (Fsp3) is 0.529. The normalized spacial score (nSPS) is 20.2. The highest BCUT2D eigenvalue weighted by Crippen LogP contribution is 2.21. The zero-order chi connectivity index (χ0) is 17.0. The summed E-state index contributed by atoms with van der Waals surface area (Å²) in [5.41, 5.74) is 0.889. The van der Waals surface area contributed by atoms with Crippen LogP contribution < -0.4 is 5.32 Å². The third kappa shape index (κ3) is 4.94. The molecule has 0 bridgehead atoms. The van der Waals surface area contributed by atoms with Crippen LogP contribution >= 0.6 is 11.6 Å². The van der Waals surface area contributed by atoms with Crippen LogP contribution in [0.1, 0.15) is 31.9 Å². The lowest BCUT2D eigenvalue weighted by molar-refractivity contribution is -0.136. The van der Waals surface area contributed by atoms with Gasteiger partial charge in [0.1, 0.15) is 0 Å². The van der Waals surface area contributed by atoms with Gasteiger partial charge >= 0.3 is 0 Å². The van der Waals surface area contributed by atoms with Crippen molar-refractivity contribution in [2.24, 2.45) is 0 Å². The number of hydrogen-bond acceptors (Lipinski definition) is 3. The number of carbonyl (C=O) groups is 2. The van der Waals surface area contributed by atoms with E-state index in [0.29, 0.717) is 5.02 Å². The molecule has 6 heteroatoms. The van der Waals surface area contributed by atoms with Crippen LogP contribution in [0.4, 0.5) is 0 Å². The van der Waals surface area contributed by atoms with Gasteiger partial charge in [0.15, 0.2) is 0 Å². The maximum atomic E-state index is 12.7. The number of hydrogen-bond donors (Lipinski definition) is 1. The van der Waals surface area contributed by atoms with Crippen LogP contribution in [0.2, 0.25) is 5.02 Å². The molecule has 0 radical (unpaired) electrons. The maximum Gasteiger partial charge on any atom is 0.225 e. The molecule has 23 heavy (non-hydrogen) atoms. The van der Waals surface area contributed by atoms with Crippen molar-refractivity contribution in [2.75, 3.05) is 26.7 Å². The van der Waals surface area contributed by atoms with E-state index in [0.717, 1.165) is 25.2 Å². The first-order valence-corrected chi connectivity index (χ1v) is 8.25. The minimum absolute atomic E-state index is 0.0688. The lowest BCUT2D eigenvalue weighted by Crippen LogP contribution is -2.53. The molecule has 0 aliphatic carbocycles. The van der Waals surface area contributed by atoms with Gasteiger partial charge in [-0.3, -0.25) is 9.59 Å². The minimum Gasteiger partial charge on any atom is -0.349 e. The van der Waals surface area contributed by atoms with Gasteiger partial charge in [-0.1, -0.05) is 23.7 Å². The van der Waals surface area contributed by atoms with Gasteiger partial charge in [0, 0.05) is 37.6 Å². The lowest BCUT2D eigenvalue weighted by atomic mass is 10.0. The van der Waals surface area contributed by atoms with Crippen LogP contribution in [-0.4, -0.2) is 54.3 Å². The van der Waals surface area contributed by atoms with E-state index in [2.05, 4.69) is 24.2 Å². The summed E-state index contributed by atoms with van der Waals surface area (Å²) >= 11 is 5.92. The zero-order valence-electron chi connectivity index (χ0n) is 13.9. The Morgan fingerprint density at radius 3 is 2.52 bits per heavy atom. The number of likely N-dealkylation sites (N-methyl/N-ethyl adjacent to an activating group) is 1. The lowest BCUT2D eigenvalue weighted by Gasteiger charge is -2.39. The number of benzene rings is 1. The number of piperazine rings is 1. The SMILES string of the molecule is CC(=O)N[C@H](CC(=O)N1CCN(C)C[C@@H]1C)c1ccc(Cl)cc1. The molecule has 1 saturated heterocycles. The highest BCUT2D eigenvalue weighted by molar-refractivity contribution is 6.30. The van der Waals surface area contributed by atoms with Crippen molar-refractivity contribution in [3.05, 3.63) is 34.9 Å². The molecular formula is C17H24ClN3O2. The van der Waals surface area contributed by atoms with Crippen molar-refractivity contribution in [1.29, 1.82) is 0 Å². The van der Waals surface area contributed by atoms with Gasteiger partial charge in [-0.05, 0) is 31.7 Å².